The molecule has 1 aliphatic heterocycles. The Kier molecular flexibility index (Phi) is 1.77. The maximum Gasteiger partial charge on any atom is 0.267 e. The van der Waals surface area contributed by atoms with Crippen molar-refractivity contribution in [3.63, 3.8) is 0 Å². The lowest BCUT2D eigenvalue weighted by Crippen LogP contribution is -2.27. The van der Waals surface area contributed by atoms with Gasteiger partial charge in [0.25, 0.3) is 5.91 Å². The molecular weight excluding hydrogens is 202 g/mol. The number of rotatable bonds is 1. The van der Waals surface area contributed by atoms with Crippen molar-refractivity contribution in [3.05, 3.63) is 52.5 Å². The van der Waals surface area contributed by atoms with Crippen LogP contribution in [-0.2, 0) is 0 Å². The Bertz CT molecular complexity index is 668. The van der Waals surface area contributed by atoms with E-state index in [0.29, 0.717) is 0 Å². The quantitative estimate of drug-likeness (QED) is 0.699. The SMILES string of the molecule is NC(=O)c1cc2c(cn1)=NC1=CCC=CC=21. The first-order valence-electron chi connectivity index (χ1n) is 5.02. The Balaban J connectivity index is 2.36. The lowest BCUT2D eigenvalue weighted by molar-refractivity contribution is 0.0995. The van der Waals surface area contributed by atoms with E-state index in [2.05, 4.69) is 22.1 Å². The molecule has 0 bridgehead atoms. The summed E-state index contributed by atoms with van der Waals surface area (Å²) in [6.45, 7) is 0. The van der Waals surface area contributed by atoms with E-state index in [9.17, 15) is 4.79 Å². The number of hydrogen-bond acceptors (Lipinski definition) is 3. The normalized spacial score (nSPS) is 16.2. The van der Waals surface area contributed by atoms with Crippen LogP contribution in [0.5, 0.6) is 0 Å². The number of nitrogens with two attached hydrogens (primary N) is 1. The predicted molar refractivity (Wildman–Crippen MR) is 58.8 cm³/mol. The smallest absolute Gasteiger partial charge is 0.267 e. The summed E-state index contributed by atoms with van der Waals surface area (Å²) in [5, 5.41) is 1.74. The van der Waals surface area contributed by atoms with Crippen molar-refractivity contribution < 1.29 is 4.79 Å². The van der Waals surface area contributed by atoms with Crippen LogP contribution in [0, 0.1) is 0 Å². The minimum atomic E-state index is -0.513. The molecule has 0 unspecified atom stereocenters. The molecule has 4 heteroatoms. The highest BCUT2D eigenvalue weighted by atomic mass is 16.1. The lowest BCUT2D eigenvalue weighted by Gasteiger charge is -2.01. The molecule has 0 saturated carbocycles. The number of nitrogens with zero attached hydrogens (tertiary/aromatic N) is 2. The molecule has 0 saturated heterocycles. The van der Waals surface area contributed by atoms with Gasteiger partial charge in [0, 0.05) is 10.8 Å². The molecule has 16 heavy (non-hydrogen) atoms. The van der Waals surface area contributed by atoms with E-state index in [-0.39, 0.29) is 5.69 Å². The Morgan fingerprint density at radius 2 is 2.31 bits per heavy atom. The summed E-state index contributed by atoms with van der Waals surface area (Å²) in [5.41, 5.74) is 7.49. The molecule has 3 rings (SSSR count). The van der Waals surface area contributed by atoms with E-state index in [4.69, 9.17) is 5.73 Å². The van der Waals surface area contributed by atoms with Gasteiger partial charge in [0.1, 0.15) is 5.69 Å². The maximum absolute atomic E-state index is 11.0. The highest BCUT2D eigenvalue weighted by Crippen LogP contribution is 2.20. The van der Waals surface area contributed by atoms with Crippen LogP contribution in [0.2, 0.25) is 0 Å². The summed E-state index contributed by atoms with van der Waals surface area (Å²) < 4.78 is 0. The third-order valence-electron chi connectivity index (χ3n) is 2.67. The molecule has 4 nitrogen and oxygen atoms in total. The van der Waals surface area contributed by atoms with Gasteiger partial charge in [0.15, 0.2) is 0 Å². The Labute approximate surface area is 91.5 Å². The molecule has 0 aromatic carbocycles. The van der Waals surface area contributed by atoms with Crippen LogP contribution in [0.4, 0.5) is 0 Å². The van der Waals surface area contributed by atoms with Crippen LogP contribution < -0.4 is 16.3 Å². The summed E-state index contributed by atoms with van der Waals surface area (Å²) in [4.78, 5) is 19.5. The average molecular weight is 211 g/mol. The number of carbonyl (C=O) groups excluding carboxylic acids is 1. The molecule has 0 radical (unpaired) electrons. The molecule has 2 aliphatic rings. The third-order valence-corrected chi connectivity index (χ3v) is 2.67. The summed E-state index contributed by atoms with van der Waals surface area (Å²) in [6, 6.07) is 1.70. The van der Waals surface area contributed by atoms with Crippen LogP contribution in [-0.4, -0.2) is 10.9 Å². The fourth-order valence-electron chi connectivity index (χ4n) is 1.91. The molecule has 0 spiro atoms. The van der Waals surface area contributed by atoms with Gasteiger partial charge in [-0.2, -0.15) is 0 Å². The van der Waals surface area contributed by atoms with Crippen molar-refractivity contribution in [2.45, 2.75) is 6.42 Å². The van der Waals surface area contributed by atoms with Crippen LogP contribution in [0.25, 0.3) is 5.57 Å². The van der Waals surface area contributed by atoms with Gasteiger partial charge in [-0.05, 0) is 12.5 Å². The molecule has 1 amide bonds. The highest BCUT2D eigenvalue weighted by molar-refractivity contribution is 5.91. The van der Waals surface area contributed by atoms with Gasteiger partial charge in [-0.25, -0.2) is 9.98 Å². The molecule has 1 aromatic heterocycles. The van der Waals surface area contributed by atoms with Gasteiger partial charge >= 0.3 is 0 Å². The second-order valence-electron chi connectivity index (χ2n) is 3.70. The number of hydrogen-bond donors (Lipinski definition) is 1. The average Bonchev–Trinajstić information content (AvgIpc) is 2.66. The molecule has 0 atom stereocenters. The highest BCUT2D eigenvalue weighted by Gasteiger charge is 2.14. The molecule has 0 fully saturated rings. The van der Waals surface area contributed by atoms with Gasteiger partial charge in [-0.1, -0.05) is 18.2 Å². The lowest BCUT2D eigenvalue weighted by atomic mass is 10.1. The molecule has 2 N–H and O–H groups in total. The second-order valence-corrected chi connectivity index (χ2v) is 3.70. The van der Waals surface area contributed by atoms with E-state index in [0.717, 1.165) is 28.3 Å². The molecular formula is C12H9N3O. The first-order valence-corrected chi connectivity index (χ1v) is 5.02. The first-order chi connectivity index (χ1) is 7.75. The third kappa shape index (κ3) is 1.20. The van der Waals surface area contributed by atoms with E-state index in [1.165, 1.54) is 0 Å². The van der Waals surface area contributed by atoms with Crippen molar-refractivity contribution >= 4 is 11.5 Å². The number of carbonyl (C=O) groups is 1. The fourth-order valence-corrected chi connectivity index (χ4v) is 1.91. The van der Waals surface area contributed by atoms with Crippen LogP contribution in [0.1, 0.15) is 16.9 Å². The van der Waals surface area contributed by atoms with Gasteiger partial charge in [-0.15, -0.1) is 0 Å². The standard InChI is InChI=1S/C12H9N3O/c13-12(16)10-5-8-7-3-1-2-4-9(7)15-11(8)6-14-10/h1,3-6H,2H2,(H2,13,16). The number of primary amides is 1. The zero-order valence-corrected chi connectivity index (χ0v) is 8.47. The Morgan fingerprint density at radius 3 is 3.12 bits per heavy atom. The zero-order valence-electron chi connectivity index (χ0n) is 8.47. The molecule has 1 aromatic rings. The molecule has 2 heterocycles. The van der Waals surface area contributed by atoms with Crippen LogP contribution in [0.3, 0.4) is 0 Å². The van der Waals surface area contributed by atoms with Crippen molar-refractivity contribution in [2.75, 3.05) is 0 Å². The summed E-state index contributed by atoms with van der Waals surface area (Å²) in [7, 11) is 0. The fraction of sp³-hybridized carbons (Fsp3) is 0.0833. The number of fused-ring (bicyclic) bond motifs is 2. The number of amides is 1. The van der Waals surface area contributed by atoms with Crippen molar-refractivity contribution in [1.29, 1.82) is 0 Å². The van der Waals surface area contributed by atoms with Crippen molar-refractivity contribution in [1.82, 2.24) is 4.98 Å². The number of allylic oxidation sites excluding steroid dienone is 3. The first kappa shape index (κ1) is 9.03. The predicted octanol–water partition coefficient (Wildman–Crippen LogP) is -0.192. The van der Waals surface area contributed by atoms with Gasteiger partial charge < -0.3 is 5.73 Å². The van der Waals surface area contributed by atoms with Crippen molar-refractivity contribution in [3.8, 4) is 0 Å². The van der Waals surface area contributed by atoms with E-state index in [1.54, 1.807) is 12.3 Å². The van der Waals surface area contributed by atoms with E-state index >= 15 is 0 Å². The van der Waals surface area contributed by atoms with E-state index in [1.807, 2.05) is 6.08 Å². The summed E-state index contributed by atoms with van der Waals surface area (Å²) in [6.07, 6.45) is 8.63. The van der Waals surface area contributed by atoms with Crippen LogP contribution >= 0.6 is 0 Å². The summed E-state index contributed by atoms with van der Waals surface area (Å²) in [5.74, 6) is -0.513. The largest absolute Gasteiger partial charge is 0.364 e. The van der Waals surface area contributed by atoms with Gasteiger partial charge in [0.05, 0.1) is 17.3 Å². The second kappa shape index (κ2) is 3.13. The maximum atomic E-state index is 11.0. The molecule has 78 valence electrons. The zero-order chi connectivity index (χ0) is 11.1. The molecule has 1 aliphatic carbocycles. The Morgan fingerprint density at radius 1 is 1.44 bits per heavy atom. The topological polar surface area (TPSA) is 68.3 Å². The summed E-state index contributed by atoms with van der Waals surface area (Å²) >= 11 is 0. The number of pyridine rings is 1. The minimum absolute atomic E-state index is 0.279. The van der Waals surface area contributed by atoms with Crippen molar-refractivity contribution in [2.24, 2.45) is 10.7 Å². The van der Waals surface area contributed by atoms with Gasteiger partial charge in [-0.3, -0.25) is 4.79 Å². The minimum Gasteiger partial charge on any atom is -0.364 e. The monoisotopic (exact) mass is 211 g/mol. The van der Waals surface area contributed by atoms with Gasteiger partial charge in [0.2, 0.25) is 0 Å². The number of aromatic nitrogens is 1. The Hall–Kier alpha value is -2.23. The van der Waals surface area contributed by atoms with Crippen LogP contribution in [0.15, 0.2) is 41.2 Å². The van der Waals surface area contributed by atoms with E-state index < -0.39 is 5.91 Å².